The van der Waals surface area contributed by atoms with Gasteiger partial charge in [-0.25, -0.2) is 0 Å². The van der Waals surface area contributed by atoms with Crippen LogP contribution in [0.4, 0.5) is 0 Å². The first-order valence-corrected chi connectivity index (χ1v) is 8.24. The van der Waals surface area contributed by atoms with Crippen LogP contribution in [0.25, 0.3) is 0 Å². The van der Waals surface area contributed by atoms with Gasteiger partial charge in [-0.2, -0.15) is 0 Å². The SMILES string of the molecule is CN=C(NCCCCOCCOC)NCc1ccc(C)cc1C.I. The minimum atomic E-state index is 0. The second-order valence-electron chi connectivity index (χ2n) is 5.59. The van der Waals surface area contributed by atoms with Crippen LogP contribution in [0.2, 0.25) is 0 Å². The van der Waals surface area contributed by atoms with E-state index in [1.807, 2.05) is 0 Å². The van der Waals surface area contributed by atoms with Crippen LogP contribution >= 0.6 is 24.0 Å². The Morgan fingerprint density at radius 2 is 1.88 bits per heavy atom. The van der Waals surface area contributed by atoms with Crippen molar-refractivity contribution in [3.63, 3.8) is 0 Å². The molecule has 1 aromatic rings. The summed E-state index contributed by atoms with van der Waals surface area (Å²) in [5, 5.41) is 6.69. The molecule has 2 N–H and O–H groups in total. The number of ether oxygens (including phenoxy) is 2. The van der Waals surface area contributed by atoms with E-state index in [0.29, 0.717) is 13.2 Å². The van der Waals surface area contributed by atoms with E-state index in [9.17, 15) is 0 Å². The van der Waals surface area contributed by atoms with Crippen LogP contribution in [-0.2, 0) is 16.0 Å². The van der Waals surface area contributed by atoms with Gasteiger partial charge in [0.05, 0.1) is 13.2 Å². The molecule has 0 aliphatic carbocycles. The lowest BCUT2D eigenvalue weighted by Crippen LogP contribution is -2.37. The number of rotatable bonds is 10. The summed E-state index contributed by atoms with van der Waals surface area (Å²) in [4.78, 5) is 4.26. The number of aliphatic imine (C=N–C) groups is 1. The number of guanidine groups is 1. The second-order valence-corrected chi connectivity index (χ2v) is 5.59. The molecule has 0 aliphatic rings. The van der Waals surface area contributed by atoms with E-state index in [0.717, 1.165) is 38.5 Å². The van der Waals surface area contributed by atoms with Crippen LogP contribution in [0.1, 0.15) is 29.5 Å². The summed E-state index contributed by atoms with van der Waals surface area (Å²) in [6.45, 7) is 8.04. The number of nitrogens with one attached hydrogen (secondary N) is 2. The standard InChI is InChI=1S/C18H31N3O2.HI/c1-15-7-8-17(16(2)13-15)14-21-18(19-3)20-9-5-6-10-23-12-11-22-4;/h7-8,13H,5-6,9-12,14H2,1-4H3,(H2,19,20,21);1H. The molecule has 5 nitrogen and oxygen atoms in total. The first-order valence-electron chi connectivity index (χ1n) is 8.24. The molecule has 0 amide bonds. The average Bonchev–Trinajstić information content (AvgIpc) is 2.54. The molecule has 1 aromatic carbocycles. The van der Waals surface area contributed by atoms with Gasteiger partial charge in [-0.05, 0) is 37.8 Å². The smallest absolute Gasteiger partial charge is 0.191 e. The Bertz CT molecular complexity index is 481. The molecule has 0 saturated carbocycles. The molecule has 0 aliphatic heterocycles. The van der Waals surface area contributed by atoms with Crippen LogP contribution in [0.5, 0.6) is 0 Å². The van der Waals surface area contributed by atoms with Crippen LogP contribution in [0.15, 0.2) is 23.2 Å². The molecule has 0 bridgehead atoms. The number of hydrogen-bond donors (Lipinski definition) is 2. The molecule has 0 radical (unpaired) electrons. The molecule has 24 heavy (non-hydrogen) atoms. The molecule has 138 valence electrons. The fourth-order valence-electron chi connectivity index (χ4n) is 2.22. The van der Waals surface area contributed by atoms with Crippen molar-refractivity contribution >= 4 is 29.9 Å². The molecule has 1 rings (SSSR count). The summed E-state index contributed by atoms with van der Waals surface area (Å²) in [5.41, 5.74) is 3.90. The van der Waals surface area contributed by atoms with Crippen LogP contribution in [0.3, 0.4) is 0 Å². The monoisotopic (exact) mass is 449 g/mol. The Morgan fingerprint density at radius 3 is 2.54 bits per heavy atom. The van der Waals surface area contributed by atoms with Crippen LogP contribution in [0, 0.1) is 13.8 Å². The van der Waals surface area contributed by atoms with E-state index in [1.165, 1.54) is 16.7 Å². The maximum Gasteiger partial charge on any atom is 0.191 e. The Balaban J connectivity index is 0.00000529. The first kappa shape index (κ1) is 23.1. The normalized spacial score (nSPS) is 11.1. The van der Waals surface area contributed by atoms with Gasteiger partial charge in [-0.3, -0.25) is 4.99 Å². The average molecular weight is 449 g/mol. The lowest BCUT2D eigenvalue weighted by atomic mass is 10.1. The zero-order chi connectivity index (χ0) is 16.9. The Morgan fingerprint density at radius 1 is 1.08 bits per heavy atom. The van der Waals surface area contributed by atoms with Gasteiger partial charge in [0.2, 0.25) is 0 Å². The number of benzene rings is 1. The number of nitrogens with zero attached hydrogens (tertiary/aromatic N) is 1. The van der Waals surface area contributed by atoms with Gasteiger partial charge in [-0.1, -0.05) is 23.8 Å². The summed E-state index contributed by atoms with van der Waals surface area (Å²) in [5.74, 6) is 0.838. The van der Waals surface area contributed by atoms with Gasteiger partial charge in [0.1, 0.15) is 0 Å². The predicted molar refractivity (Wildman–Crippen MR) is 111 cm³/mol. The largest absolute Gasteiger partial charge is 0.382 e. The second kappa shape index (κ2) is 14.5. The lowest BCUT2D eigenvalue weighted by molar-refractivity contribution is 0.0689. The highest BCUT2D eigenvalue weighted by Gasteiger charge is 2.01. The van der Waals surface area contributed by atoms with Crippen molar-refractivity contribution in [2.45, 2.75) is 33.2 Å². The maximum atomic E-state index is 5.44. The molecule has 6 heteroatoms. The molecule has 0 aromatic heterocycles. The Hall–Kier alpha value is -0.860. The van der Waals surface area contributed by atoms with E-state index in [2.05, 4.69) is 47.7 Å². The van der Waals surface area contributed by atoms with Gasteiger partial charge in [0, 0.05) is 33.9 Å². The van der Waals surface area contributed by atoms with Gasteiger partial charge in [-0.15, -0.1) is 24.0 Å². The number of methoxy groups -OCH3 is 1. The number of aryl methyl sites for hydroxylation is 2. The molecular formula is C18H32IN3O2. The molecular weight excluding hydrogens is 417 g/mol. The zero-order valence-corrected chi connectivity index (χ0v) is 17.7. The Kier molecular flexibility index (Phi) is 14.0. The van der Waals surface area contributed by atoms with Gasteiger partial charge >= 0.3 is 0 Å². The molecule has 0 heterocycles. The highest BCUT2D eigenvalue weighted by Crippen LogP contribution is 2.09. The van der Waals surface area contributed by atoms with E-state index >= 15 is 0 Å². The maximum absolute atomic E-state index is 5.44. The molecule has 0 saturated heterocycles. The van der Waals surface area contributed by atoms with E-state index in [1.54, 1.807) is 14.2 Å². The minimum Gasteiger partial charge on any atom is -0.382 e. The minimum absolute atomic E-state index is 0. The third-order valence-electron chi connectivity index (χ3n) is 3.61. The van der Waals surface area contributed by atoms with Crippen LogP contribution < -0.4 is 10.6 Å². The van der Waals surface area contributed by atoms with Crippen molar-refractivity contribution in [2.24, 2.45) is 4.99 Å². The van der Waals surface area contributed by atoms with Gasteiger partial charge in [0.25, 0.3) is 0 Å². The first-order chi connectivity index (χ1) is 11.2. The topological polar surface area (TPSA) is 54.9 Å². The fourth-order valence-corrected chi connectivity index (χ4v) is 2.22. The van der Waals surface area contributed by atoms with Crippen molar-refractivity contribution in [3.05, 3.63) is 34.9 Å². The molecule has 0 fully saturated rings. The number of halogens is 1. The van der Waals surface area contributed by atoms with Crippen molar-refractivity contribution in [1.82, 2.24) is 10.6 Å². The van der Waals surface area contributed by atoms with Crippen molar-refractivity contribution in [1.29, 1.82) is 0 Å². The lowest BCUT2D eigenvalue weighted by Gasteiger charge is -2.13. The summed E-state index contributed by atoms with van der Waals surface area (Å²) in [6.07, 6.45) is 2.09. The zero-order valence-electron chi connectivity index (χ0n) is 15.4. The summed E-state index contributed by atoms with van der Waals surface area (Å²) >= 11 is 0. The summed E-state index contributed by atoms with van der Waals surface area (Å²) in [7, 11) is 3.48. The summed E-state index contributed by atoms with van der Waals surface area (Å²) < 4.78 is 10.4. The molecule has 0 atom stereocenters. The third kappa shape index (κ3) is 10.1. The van der Waals surface area contributed by atoms with E-state index in [4.69, 9.17) is 9.47 Å². The van der Waals surface area contributed by atoms with Gasteiger partial charge in [0.15, 0.2) is 5.96 Å². The molecule has 0 spiro atoms. The Labute approximate surface area is 163 Å². The fraction of sp³-hybridized carbons (Fsp3) is 0.611. The number of unbranched alkanes of at least 4 members (excludes halogenated alkanes) is 1. The van der Waals surface area contributed by atoms with Crippen molar-refractivity contribution in [2.75, 3.05) is 40.5 Å². The predicted octanol–water partition coefficient (Wildman–Crippen LogP) is 3.03. The summed E-state index contributed by atoms with van der Waals surface area (Å²) in [6, 6.07) is 6.52. The van der Waals surface area contributed by atoms with Crippen molar-refractivity contribution < 1.29 is 9.47 Å². The van der Waals surface area contributed by atoms with Crippen LogP contribution in [-0.4, -0.2) is 46.5 Å². The highest BCUT2D eigenvalue weighted by atomic mass is 127. The third-order valence-corrected chi connectivity index (χ3v) is 3.61. The quantitative estimate of drug-likeness (QED) is 0.250. The van der Waals surface area contributed by atoms with Crippen molar-refractivity contribution in [3.8, 4) is 0 Å². The van der Waals surface area contributed by atoms with Gasteiger partial charge < -0.3 is 20.1 Å². The molecule has 0 unspecified atom stereocenters. The van der Waals surface area contributed by atoms with E-state index in [-0.39, 0.29) is 24.0 Å². The number of hydrogen-bond acceptors (Lipinski definition) is 3. The van der Waals surface area contributed by atoms with E-state index < -0.39 is 0 Å². The highest BCUT2D eigenvalue weighted by molar-refractivity contribution is 14.0.